The van der Waals surface area contributed by atoms with E-state index in [1.807, 2.05) is 65.5 Å². The molecule has 0 bridgehead atoms. The molecule has 0 aliphatic rings. The van der Waals surface area contributed by atoms with Crippen LogP contribution in [0, 0.1) is 0 Å². The Hall–Kier alpha value is -4.84. The molecule has 4 aromatic heterocycles. The number of para-hydroxylation sites is 1. The largest absolute Gasteiger partial charge is 0.461 e. The van der Waals surface area contributed by atoms with Gasteiger partial charge >= 0.3 is 0 Å². The van der Waals surface area contributed by atoms with Gasteiger partial charge in [0, 0.05) is 35.2 Å². The molecular formula is C28H18N4O2. The quantitative estimate of drug-likeness (QED) is 0.297. The number of aromatic nitrogens is 4. The van der Waals surface area contributed by atoms with Gasteiger partial charge in [0.25, 0.3) is 0 Å². The first kappa shape index (κ1) is 18.7. The molecule has 0 saturated carbocycles. The maximum atomic E-state index is 6.31. The first-order valence-corrected chi connectivity index (χ1v) is 11.0. The van der Waals surface area contributed by atoms with Gasteiger partial charge in [-0.3, -0.25) is 4.57 Å². The van der Waals surface area contributed by atoms with Crippen LogP contribution in [0.4, 0.5) is 0 Å². The fourth-order valence-electron chi connectivity index (χ4n) is 4.53. The average molecular weight is 442 g/mol. The van der Waals surface area contributed by atoms with Gasteiger partial charge in [0.1, 0.15) is 22.8 Å². The summed E-state index contributed by atoms with van der Waals surface area (Å²) in [6.45, 7) is 0. The molecule has 0 N–H and O–H groups in total. The maximum absolute atomic E-state index is 6.31. The summed E-state index contributed by atoms with van der Waals surface area (Å²) in [4.78, 5) is 4.60. The van der Waals surface area contributed by atoms with Crippen LogP contribution in [0.25, 0.3) is 44.4 Å². The third-order valence-corrected chi connectivity index (χ3v) is 6.01. The highest BCUT2D eigenvalue weighted by molar-refractivity contribution is 6.09. The van der Waals surface area contributed by atoms with Crippen molar-refractivity contribution in [2.24, 2.45) is 0 Å². The first-order valence-electron chi connectivity index (χ1n) is 11.0. The van der Waals surface area contributed by atoms with E-state index in [0.29, 0.717) is 0 Å². The van der Waals surface area contributed by atoms with E-state index in [1.54, 1.807) is 12.5 Å². The van der Waals surface area contributed by atoms with Crippen molar-refractivity contribution in [3.05, 3.63) is 110 Å². The van der Waals surface area contributed by atoms with E-state index in [1.165, 1.54) is 5.39 Å². The van der Waals surface area contributed by atoms with Gasteiger partial charge in [0.2, 0.25) is 0 Å². The molecule has 6 nitrogen and oxygen atoms in total. The molecule has 7 rings (SSSR count). The van der Waals surface area contributed by atoms with Gasteiger partial charge in [0.15, 0.2) is 5.58 Å². The van der Waals surface area contributed by atoms with E-state index in [-0.39, 0.29) is 0 Å². The summed E-state index contributed by atoms with van der Waals surface area (Å²) in [5.74, 6) is 2.35. The van der Waals surface area contributed by atoms with Crippen LogP contribution in [0.15, 0.2) is 114 Å². The van der Waals surface area contributed by atoms with Gasteiger partial charge in [-0.25, -0.2) is 9.67 Å². The summed E-state index contributed by atoms with van der Waals surface area (Å²) in [6, 6.07) is 30.3. The highest BCUT2D eigenvalue weighted by Crippen LogP contribution is 2.35. The summed E-state index contributed by atoms with van der Waals surface area (Å²) in [5.41, 5.74) is 4.72. The standard InChI is InChI=1S/C28H18N4O2/c1-2-9-24-22(8-1)23-12-11-21(17-26(23)31(24)28-10-3-4-14-29-28)34-20-7-5-6-19(16-20)32-25-13-15-33-27(25)18-30-32/h1-18H. The van der Waals surface area contributed by atoms with Crippen molar-refractivity contribution in [3.63, 3.8) is 0 Å². The average Bonchev–Trinajstić information content (AvgIpc) is 3.58. The Morgan fingerprint density at radius 1 is 0.706 bits per heavy atom. The van der Waals surface area contributed by atoms with Crippen molar-refractivity contribution in [2.75, 3.05) is 0 Å². The number of fused-ring (bicyclic) bond motifs is 4. The van der Waals surface area contributed by atoms with Crippen molar-refractivity contribution in [2.45, 2.75) is 0 Å². The maximum Gasteiger partial charge on any atom is 0.172 e. The summed E-state index contributed by atoms with van der Waals surface area (Å²) in [7, 11) is 0. The SMILES string of the molecule is c1ccc(-n2c3ccccc3c3ccc(Oc4cccc(-n5ncc6occc65)c4)cc32)nc1. The predicted molar refractivity (Wildman–Crippen MR) is 132 cm³/mol. The third kappa shape index (κ3) is 2.89. The zero-order valence-corrected chi connectivity index (χ0v) is 18.0. The van der Waals surface area contributed by atoms with Crippen molar-refractivity contribution in [1.82, 2.24) is 19.3 Å². The zero-order chi connectivity index (χ0) is 22.5. The van der Waals surface area contributed by atoms with Crippen molar-refractivity contribution in [1.29, 1.82) is 0 Å². The number of rotatable bonds is 4. The topological polar surface area (TPSA) is 58.0 Å². The van der Waals surface area contributed by atoms with Crippen LogP contribution in [-0.2, 0) is 0 Å². The second-order valence-electron chi connectivity index (χ2n) is 8.05. The van der Waals surface area contributed by atoms with Crippen LogP contribution >= 0.6 is 0 Å². The van der Waals surface area contributed by atoms with Crippen LogP contribution in [-0.4, -0.2) is 19.3 Å². The summed E-state index contributed by atoms with van der Waals surface area (Å²) >= 11 is 0. The van der Waals surface area contributed by atoms with E-state index in [2.05, 4.69) is 51.0 Å². The number of hydrogen-bond acceptors (Lipinski definition) is 4. The second kappa shape index (κ2) is 7.35. The van der Waals surface area contributed by atoms with Gasteiger partial charge in [-0.2, -0.15) is 5.10 Å². The molecule has 3 aromatic carbocycles. The lowest BCUT2D eigenvalue weighted by Crippen LogP contribution is -1.97. The molecule has 0 unspecified atom stereocenters. The van der Waals surface area contributed by atoms with Gasteiger partial charge in [-0.05, 0) is 42.5 Å². The summed E-state index contributed by atoms with van der Waals surface area (Å²) in [6.07, 6.45) is 5.19. The Balaban J connectivity index is 1.33. The predicted octanol–water partition coefficient (Wildman–Crippen LogP) is 6.90. The fraction of sp³-hybridized carbons (Fsp3) is 0. The number of pyridine rings is 1. The first-order chi connectivity index (χ1) is 16.8. The number of nitrogens with zero attached hydrogens (tertiary/aromatic N) is 4. The van der Waals surface area contributed by atoms with E-state index < -0.39 is 0 Å². The fourth-order valence-corrected chi connectivity index (χ4v) is 4.53. The molecule has 0 fully saturated rings. The molecule has 0 radical (unpaired) electrons. The molecule has 0 aliphatic heterocycles. The highest BCUT2D eigenvalue weighted by Gasteiger charge is 2.14. The van der Waals surface area contributed by atoms with Gasteiger partial charge in [-0.15, -0.1) is 0 Å². The minimum Gasteiger partial charge on any atom is -0.461 e. The lowest BCUT2D eigenvalue weighted by molar-refractivity contribution is 0.483. The molecular weight excluding hydrogens is 424 g/mol. The van der Waals surface area contributed by atoms with E-state index in [0.717, 1.165) is 50.5 Å². The van der Waals surface area contributed by atoms with Crippen LogP contribution in [0.2, 0.25) is 0 Å². The number of hydrogen-bond donors (Lipinski definition) is 0. The Bertz CT molecular complexity index is 1790. The molecule has 6 heteroatoms. The number of benzene rings is 3. The molecule has 4 heterocycles. The van der Waals surface area contributed by atoms with Crippen LogP contribution < -0.4 is 4.74 Å². The molecule has 162 valence electrons. The molecule has 34 heavy (non-hydrogen) atoms. The molecule has 0 atom stereocenters. The van der Waals surface area contributed by atoms with E-state index in [9.17, 15) is 0 Å². The zero-order valence-electron chi connectivity index (χ0n) is 18.0. The minimum atomic E-state index is 0.726. The van der Waals surface area contributed by atoms with Crippen LogP contribution in [0.3, 0.4) is 0 Å². The monoisotopic (exact) mass is 442 g/mol. The van der Waals surface area contributed by atoms with E-state index >= 15 is 0 Å². The Labute approximate surface area is 194 Å². The van der Waals surface area contributed by atoms with Crippen LogP contribution in [0.5, 0.6) is 11.5 Å². The van der Waals surface area contributed by atoms with Crippen molar-refractivity contribution in [3.8, 4) is 23.0 Å². The lowest BCUT2D eigenvalue weighted by atomic mass is 10.1. The Morgan fingerprint density at radius 3 is 2.53 bits per heavy atom. The third-order valence-electron chi connectivity index (χ3n) is 6.01. The smallest absolute Gasteiger partial charge is 0.172 e. The molecule has 0 saturated heterocycles. The summed E-state index contributed by atoms with van der Waals surface area (Å²) in [5, 5.41) is 6.78. The molecule has 0 amide bonds. The van der Waals surface area contributed by atoms with Crippen LogP contribution in [0.1, 0.15) is 0 Å². The second-order valence-corrected chi connectivity index (χ2v) is 8.05. The van der Waals surface area contributed by atoms with Crippen molar-refractivity contribution >= 4 is 32.9 Å². The number of ether oxygens (including phenoxy) is 1. The van der Waals surface area contributed by atoms with Crippen molar-refractivity contribution < 1.29 is 9.15 Å². The normalized spacial score (nSPS) is 11.5. The van der Waals surface area contributed by atoms with Gasteiger partial charge < -0.3 is 9.15 Å². The van der Waals surface area contributed by atoms with E-state index in [4.69, 9.17) is 9.15 Å². The van der Waals surface area contributed by atoms with Gasteiger partial charge in [-0.1, -0.05) is 30.3 Å². The Morgan fingerprint density at radius 2 is 1.59 bits per heavy atom. The van der Waals surface area contributed by atoms with Gasteiger partial charge in [0.05, 0.1) is 29.2 Å². The minimum absolute atomic E-state index is 0.726. The Kier molecular flexibility index (Phi) is 4.04. The highest BCUT2D eigenvalue weighted by atomic mass is 16.5. The lowest BCUT2D eigenvalue weighted by Gasteiger charge is -2.10. The number of furan rings is 1. The molecule has 0 aliphatic carbocycles. The summed E-state index contributed by atoms with van der Waals surface area (Å²) < 4.78 is 15.8. The molecule has 0 spiro atoms. The molecule has 7 aromatic rings.